The average Bonchev–Trinajstić information content (AvgIpc) is 3.40. The molecule has 2 heterocycles. The van der Waals surface area contributed by atoms with E-state index in [1.54, 1.807) is 23.5 Å². The molecule has 32 heavy (non-hydrogen) atoms. The number of amides is 1. The van der Waals surface area contributed by atoms with Gasteiger partial charge in [0.25, 0.3) is 0 Å². The highest BCUT2D eigenvalue weighted by Crippen LogP contribution is 2.28. The van der Waals surface area contributed by atoms with Crippen LogP contribution in [0.3, 0.4) is 0 Å². The predicted octanol–water partition coefficient (Wildman–Crippen LogP) is 6.11. The van der Waals surface area contributed by atoms with Crippen LogP contribution in [-0.4, -0.2) is 21.0 Å². The van der Waals surface area contributed by atoms with Gasteiger partial charge in [0.2, 0.25) is 17.6 Å². The molecule has 164 valence electrons. The molecule has 0 saturated heterocycles. The maximum absolute atomic E-state index is 12.2. The van der Waals surface area contributed by atoms with Crippen molar-refractivity contribution in [3.63, 3.8) is 0 Å². The van der Waals surface area contributed by atoms with E-state index in [4.69, 9.17) is 27.7 Å². The Morgan fingerprint density at radius 1 is 1.00 bits per heavy atom. The third-order valence-corrected chi connectivity index (χ3v) is 6.24. The molecule has 0 spiro atoms. The number of aryl methyl sites for hydroxylation is 2. The first-order valence-corrected chi connectivity index (χ1v) is 11.6. The molecule has 0 aliphatic carbocycles. The molecule has 0 saturated carbocycles. The number of carbonyl (C=O) groups excluding carboxylic acids is 1. The third-order valence-electron chi connectivity index (χ3n) is 4.76. The number of carbonyl (C=O) groups is 1. The third kappa shape index (κ3) is 5.73. The van der Waals surface area contributed by atoms with Gasteiger partial charge < -0.3 is 9.84 Å². The van der Waals surface area contributed by atoms with Crippen LogP contribution in [0.15, 0.2) is 53.1 Å². The minimum Gasteiger partial charge on any atom is -0.350 e. The fourth-order valence-corrected chi connectivity index (χ4v) is 4.28. The fourth-order valence-electron chi connectivity index (χ4n) is 3.14. The number of thiazole rings is 1. The minimum atomic E-state index is -0.0386. The highest BCUT2D eigenvalue weighted by molar-refractivity contribution is 7.12. The molecule has 0 fully saturated rings. The van der Waals surface area contributed by atoms with Crippen molar-refractivity contribution in [2.45, 2.75) is 32.7 Å². The Morgan fingerprint density at radius 2 is 1.66 bits per heavy atom. The number of hydrogen-bond acceptors (Lipinski definition) is 6. The van der Waals surface area contributed by atoms with E-state index in [9.17, 15) is 4.79 Å². The summed E-state index contributed by atoms with van der Waals surface area (Å²) in [5.74, 6) is 0.978. The predicted molar refractivity (Wildman–Crippen MR) is 127 cm³/mol. The van der Waals surface area contributed by atoms with Crippen LogP contribution in [0.25, 0.3) is 22.6 Å². The smallest absolute Gasteiger partial charge is 0.226 e. The highest BCUT2D eigenvalue weighted by Gasteiger charge is 2.12. The molecule has 9 heteroatoms. The maximum atomic E-state index is 12.2. The van der Waals surface area contributed by atoms with E-state index >= 15 is 0 Å². The maximum Gasteiger partial charge on any atom is 0.226 e. The molecule has 0 aliphatic heterocycles. The van der Waals surface area contributed by atoms with Gasteiger partial charge in [0.1, 0.15) is 5.01 Å². The van der Waals surface area contributed by atoms with Crippen molar-refractivity contribution in [2.24, 2.45) is 0 Å². The summed E-state index contributed by atoms with van der Waals surface area (Å²) in [5.41, 5.74) is 2.76. The Morgan fingerprint density at radius 3 is 2.34 bits per heavy atom. The summed E-state index contributed by atoms with van der Waals surface area (Å²) >= 11 is 13.4. The van der Waals surface area contributed by atoms with E-state index in [2.05, 4.69) is 20.4 Å². The number of aromatic nitrogens is 3. The van der Waals surface area contributed by atoms with Gasteiger partial charge >= 0.3 is 0 Å². The van der Waals surface area contributed by atoms with E-state index in [1.165, 1.54) is 0 Å². The van der Waals surface area contributed by atoms with E-state index in [0.29, 0.717) is 47.6 Å². The monoisotopic (exact) mass is 486 g/mol. The first-order valence-electron chi connectivity index (χ1n) is 10.1. The first-order chi connectivity index (χ1) is 15.5. The van der Waals surface area contributed by atoms with E-state index in [1.807, 2.05) is 43.3 Å². The number of nitrogens with one attached hydrogen (secondary N) is 1. The lowest BCUT2D eigenvalue weighted by molar-refractivity contribution is -0.121. The zero-order valence-corrected chi connectivity index (χ0v) is 19.6. The Labute approximate surface area is 199 Å². The largest absolute Gasteiger partial charge is 0.350 e. The molecule has 1 amide bonds. The summed E-state index contributed by atoms with van der Waals surface area (Å²) in [4.78, 5) is 22.4. The topological polar surface area (TPSA) is 80.9 Å². The van der Waals surface area contributed by atoms with Gasteiger partial charge in [-0.05, 0) is 49.7 Å². The number of rotatable bonds is 8. The summed E-state index contributed by atoms with van der Waals surface area (Å²) in [6, 6.07) is 14.8. The summed E-state index contributed by atoms with van der Waals surface area (Å²) in [6.07, 6.45) is 1.51. The van der Waals surface area contributed by atoms with Gasteiger partial charge in [0.15, 0.2) is 0 Å². The standard InChI is InChI=1S/C23H20Cl2N4O2S/c1-14-22(15-5-9-17(24)10-6-15)28-21(32-14)13-26-19(30)3-2-4-20-27-23(29-31-20)16-7-11-18(25)12-8-16/h5-12H,2-4,13H2,1H3,(H,26,30). The molecule has 2 aromatic carbocycles. The molecular weight excluding hydrogens is 467 g/mol. The van der Waals surface area contributed by atoms with Crippen LogP contribution in [0.1, 0.15) is 28.6 Å². The van der Waals surface area contributed by atoms with Gasteiger partial charge in [-0.25, -0.2) is 4.98 Å². The van der Waals surface area contributed by atoms with Crippen molar-refractivity contribution in [2.75, 3.05) is 0 Å². The van der Waals surface area contributed by atoms with Crippen LogP contribution < -0.4 is 5.32 Å². The molecule has 2 aromatic heterocycles. The van der Waals surface area contributed by atoms with Gasteiger partial charge in [-0.15, -0.1) is 11.3 Å². The lowest BCUT2D eigenvalue weighted by Crippen LogP contribution is -2.22. The average molecular weight is 487 g/mol. The van der Waals surface area contributed by atoms with Gasteiger partial charge in [0, 0.05) is 38.9 Å². The van der Waals surface area contributed by atoms with Crippen LogP contribution in [0.5, 0.6) is 0 Å². The number of halogens is 2. The van der Waals surface area contributed by atoms with Crippen LogP contribution >= 0.6 is 34.5 Å². The second-order valence-electron chi connectivity index (χ2n) is 7.17. The molecule has 6 nitrogen and oxygen atoms in total. The zero-order valence-electron chi connectivity index (χ0n) is 17.3. The van der Waals surface area contributed by atoms with Crippen molar-refractivity contribution in [1.29, 1.82) is 0 Å². The van der Waals surface area contributed by atoms with Gasteiger partial charge in [-0.2, -0.15) is 4.98 Å². The van der Waals surface area contributed by atoms with E-state index in [0.717, 1.165) is 26.7 Å². The lowest BCUT2D eigenvalue weighted by Gasteiger charge is -2.02. The second kappa shape index (κ2) is 10.3. The van der Waals surface area contributed by atoms with E-state index in [-0.39, 0.29) is 5.91 Å². The van der Waals surface area contributed by atoms with Crippen molar-refractivity contribution < 1.29 is 9.32 Å². The van der Waals surface area contributed by atoms with Crippen LogP contribution in [0, 0.1) is 6.92 Å². The van der Waals surface area contributed by atoms with Crippen LogP contribution in [0.4, 0.5) is 0 Å². The minimum absolute atomic E-state index is 0.0386. The molecular formula is C23H20Cl2N4O2S. The first kappa shape index (κ1) is 22.5. The van der Waals surface area contributed by atoms with Crippen LogP contribution in [0.2, 0.25) is 10.0 Å². The summed E-state index contributed by atoms with van der Waals surface area (Å²) in [7, 11) is 0. The molecule has 0 aliphatic rings. The molecule has 4 aromatic rings. The SMILES string of the molecule is Cc1sc(CNC(=O)CCCc2nc(-c3ccc(Cl)cc3)no2)nc1-c1ccc(Cl)cc1. The molecule has 4 rings (SSSR count). The van der Waals surface area contributed by atoms with Crippen molar-refractivity contribution in [3.05, 3.63) is 74.4 Å². The van der Waals surface area contributed by atoms with Crippen LogP contribution in [-0.2, 0) is 17.8 Å². The Balaban J connectivity index is 1.24. The normalized spacial score (nSPS) is 11.0. The molecule has 0 radical (unpaired) electrons. The number of hydrogen-bond donors (Lipinski definition) is 1. The Kier molecular flexibility index (Phi) is 7.19. The number of benzene rings is 2. The zero-order chi connectivity index (χ0) is 22.5. The summed E-state index contributed by atoms with van der Waals surface area (Å²) in [6.45, 7) is 2.43. The molecule has 0 bridgehead atoms. The second-order valence-corrected chi connectivity index (χ2v) is 9.33. The number of nitrogens with zero attached hydrogens (tertiary/aromatic N) is 3. The lowest BCUT2D eigenvalue weighted by atomic mass is 10.1. The quantitative estimate of drug-likeness (QED) is 0.324. The molecule has 1 N–H and O–H groups in total. The van der Waals surface area contributed by atoms with Crippen molar-refractivity contribution in [3.8, 4) is 22.6 Å². The summed E-state index contributed by atoms with van der Waals surface area (Å²) in [5, 5.41) is 9.12. The summed E-state index contributed by atoms with van der Waals surface area (Å²) < 4.78 is 5.28. The molecule has 0 unspecified atom stereocenters. The Bertz CT molecular complexity index is 1200. The Hall–Kier alpha value is -2.74. The fraction of sp³-hybridized carbons (Fsp3) is 0.217. The van der Waals surface area contributed by atoms with Crippen molar-refractivity contribution in [1.82, 2.24) is 20.4 Å². The van der Waals surface area contributed by atoms with Gasteiger partial charge in [-0.3, -0.25) is 4.79 Å². The van der Waals surface area contributed by atoms with Gasteiger partial charge in [0.05, 0.1) is 12.2 Å². The molecule has 0 atom stereocenters. The highest BCUT2D eigenvalue weighted by atomic mass is 35.5. The van der Waals surface area contributed by atoms with Gasteiger partial charge in [-0.1, -0.05) is 40.5 Å². The van der Waals surface area contributed by atoms with E-state index < -0.39 is 0 Å². The van der Waals surface area contributed by atoms with Crippen molar-refractivity contribution >= 4 is 40.4 Å².